The van der Waals surface area contributed by atoms with E-state index in [1.807, 2.05) is 12.1 Å². The molecular weight excluding hydrogens is 314 g/mol. The predicted molar refractivity (Wildman–Crippen MR) is 99.2 cm³/mol. The van der Waals surface area contributed by atoms with Crippen LogP contribution in [-0.2, 0) is 4.74 Å². The van der Waals surface area contributed by atoms with Gasteiger partial charge in [-0.25, -0.2) is 0 Å². The zero-order valence-corrected chi connectivity index (χ0v) is 15.2. The molecule has 3 aliphatic rings. The lowest BCUT2D eigenvalue weighted by Gasteiger charge is -2.33. The average molecular weight is 343 g/mol. The molecule has 5 nitrogen and oxygen atoms in total. The highest BCUT2D eigenvalue weighted by Gasteiger charge is 2.38. The zero-order valence-electron chi connectivity index (χ0n) is 15.2. The number of benzene rings is 1. The van der Waals surface area contributed by atoms with Crippen molar-refractivity contribution in [3.63, 3.8) is 0 Å². The van der Waals surface area contributed by atoms with Crippen molar-refractivity contribution in [1.29, 1.82) is 0 Å². The minimum atomic E-state index is 0.205. The Kier molecular flexibility index (Phi) is 4.95. The smallest absolute Gasteiger partial charge is 0.254 e. The van der Waals surface area contributed by atoms with Gasteiger partial charge >= 0.3 is 0 Å². The summed E-state index contributed by atoms with van der Waals surface area (Å²) in [5.41, 5.74) is 2.01. The van der Waals surface area contributed by atoms with Crippen molar-refractivity contribution < 1.29 is 9.53 Å². The van der Waals surface area contributed by atoms with E-state index in [9.17, 15) is 4.79 Å². The van der Waals surface area contributed by atoms with E-state index in [1.54, 1.807) is 0 Å². The second kappa shape index (κ2) is 7.34. The summed E-state index contributed by atoms with van der Waals surface area (Å²) in [6.45, 7) is 5.48. The first kappa shape index (κ1) is 16.9. The molecule has 4 rings (SSSR count). The molecule has 1 aromatic carbocycles. The van der Waals surface area contributed by atoms with Gasteiger partial charge < -0.3 is 19.4 Å². The highest BCUT2D eigenvalue weighted by atomic mass is 16.5. The van der Waals surface area contributed by atoms with Crippen LogP contribution in [0.1, 0.15) is 36.0 Å². The maximum Gasteiger partial charge on any atom is 0.254 e. The Morgan fingerprint density at radius 3 is 2.32 bits per heavy atom. The van der Waals surface area contributed by atoms with Crippen LogP contribution in [-0.4, -0.2) is 74.2 Å². The van der Waals surface area contributed by atoms with E-state index in [-0.39, 0.29) is 5.91 Å². The topological polar surface area (TPSA) is 36.0 Å². The van der Waals surface area contributed by atoms with E-state index in [4.69, 9.17) is 4.74 Å². The average Bonchev–Trinajstić information content (AvgIpc) is 3.30. The van der Waals surface area contributed by atoms with Gasteiger partial charge in [-0.2, -0.15) is 0 Å². The molecule has 25 heavy (non-hydrogen) atoms. The van der Waals surface area contributed by atoms with E-state index >= 15 is 0 Å². The summed E-state index contributed by atoms with van der Waals surface area (Å²) in [6, 6.07) is 9.11. The third-order valence-electron chi connectivity index (χ3n) is 6.07. The first-order chi connectivity index (χ1) is 12.2. The highest BCUT2D eigenvalue weighted by molar-refractivity contribution is 5.95. The van der Waals surface area contributed by atoms with E-state index in [0.29, 0.717) is 12.1 Å². The van der Waals surface area contributed by atoms with Crippen LogP contribution in [0.2, 0.25) is 0 Å². The molecule has 0 radical (unpaired) electrons. The summed E-state index contributed by atoms with van der Waals surface area (Å²) in [5, 5.41) is 0. The molecule has 3 saturated heterocycles. The van der Waals surface area contributed by atoms with E-state index < -0.39 is 0 Å². The van der Waals surface area contributed by atoms with Gasteiger partial charge in [0.05, 0.1) is 13.2 Å². The molecule has 3 aliphatic heterocycles. The number of ether oxygens (including phenoxy) is 1. The van der Waals surface area contributed by atoms with E-state index in [2.05, 4.69) is 33.9 Å². The molecule has 2 unspecified atom stereocenters. The number of rotatable bonds is 3. The molecule has 0 bridgehead atoms. The molecule has 3 fully saturated rings. The third kappa shape index (κ3) is 3.40. The monoisotopic (exact) mass is 343 g/mol. The number of likely N-dealkylation sites (tertiary alicyclic amines) is 2. The van der Waals surface area contributed by atoms with Crippen LogP contribution >= 0.6 is 0 Å². The Balaban J connectivity index is 1.46. The maximum absolute atomic E-state index is 13.1. The van der Waals surface area contributed by atoms with Crippen molar-refractivity contribution in [2.75, 3.05) is 51.3 Å². The van der Waals surface area contributed by atoms with Crippen molar-refractivity contribution in [2.45, 2.75) is 37.8 Å². The molecule has 0 spiro atoms. The first-order valence-electron chi connectivity index (χ1n) is 9.68. The Bertz CT molecular complexity index is 597. The Morgan fingerprint density at radius 1 is 0.960 bits per heavy atom. The molecule has 5 heteroatoms. The summed E-state index contributed by atoms with van der Waals surface area (Å²) in [5.74, 6) is 0.205. The van der Waals surface area contributed by atoms with Crippen LogP contribution < -0.4 is 4.90 Å². The second-order valence-electron chi connectivity index (χ2n) is 7.54. The Labute approximate surface area is 150 Å². The van der Waals surface area contributed by atoms with Crippen LogP contribution in [0.3, 0.4) is 0 Å². The summed E-state index contributed by atoms with van der Waals surface area (Å²) in [6.07, 6.45) is 4.76. The number of nitrogens with zero attached hydrogens (tertiary/aromatic N) is 3. The molecule has 0 N–H and O–H groups in total. The van der Waals surface area contributed by atoms with Gasteiger partial charge in [0.15, 0.2) is 0 Å². The van der Waals surface area contributed by atoms with Crippen LogP contribution in [0.15, 0.2) is 24.3 Å². The second-order valence-corrected chi connectivity index (χ2v) is 7.54. The van der Waals surface area contributed by atoms with Crippen LogP contribution in [0.25, 0.3) is 0 Å². The number of likely N-dealkylation sites (N-methyl/N-ethyl adjacent to an activating group) is 1. The Hall–Kier alpha value is -1.59. The number of amides is 1. The van der Waals surface area contributed by atoms with Crippen molar-refractivity contribution in [3.05, 3.63) is 29.8 Å². The molecule has 2 atom stereocenters. The number of carbonyl (C=O) groups is 1. The summed E-state index contributed by atoms with van der Waals surface area (Å²) in [4.78, 5) is 20.0. The minimum absolute atomic E-state index is 0.205. The van der Waals surface area contributed by atoms with Gasteiger partial charge in [0.2, 0.25) is 0 Å². The summed E-state index contributed by atoms with van der Waals surface area (Å²) >= 11 is 0. The van der Waals surface area contributed by atoms with Gasteiger partial charge in [0.1, 0.15) is 0 Å². The highest BCUT2D eigenvalue weighted by Crippen LogP contribution is 2.30. The molecule has 0 saturated carbocycles. The van der Waals surface area contributed by atoms with E-state index in [0.717, 1.165) is 57.8 Å². The quantitative estimate of drug-likeness (QED) is 0.843. The third-order valence-corrected chi connectivity index (χ3v) is 6.07. The standard InChI is InChI=1S/C20H29N3O2/c1-21-10-2-4-18(21)19-5-3-11-23(19)20(24)16-6-8-17(9-7-16)22-12-14-25-15-13-22/h6-9,18-19H,2-5,10-15H2,1H3. The number of anilines is 1. The predicted octanol–water partition coefficient (Wildman–Crippen LogP) is 2.22. The SMILES string of the molecule is CN1CCCC1C1CCCN1C(=O)c1ccc(N2CCOCC2)cc1. The van der Waals surface area contributed by atoms with Gasteiger partial charge in [0, 0.05) is 43.0 Å². The fraction of sp³-hybridized carbons (Fsp3) is 0.650. The fourth-order valence-corrected chi connectivity index (χ4v) is 4.67. The lowest BCUT2D eigenvalue weighted by molar-refractivity contribution is 0.0664. The number of hydrogen-bond donors (Lipinski definition) is 0. The lowest BCUT2D eigenvalue weighted by Crippen LogP contribution is -2.47. The largest absolute Gasteiger partial charge is 0.378 e. The van der Waals surface area contributed by atoms with Crippen molar-refractivity contribution >= 4 is 11.6 Å². The van der Waals surface area contributed by atoms with Crippen LogP contribution in [0.5, 0.6) is 0 Å². The molecule has 136 valence electrons. The summed E-state index contributed by atoms with van der Waals surface area (Å²) < 4.78 is 5.41. The Morgan fingerprint density at radius 2 is 1.64 bits per heavy atom. The molecule has 1 aromatic rings. The van der Waals surface area contributed by atoms with Crippen molar-refractivity contribution in [3.8, 4) is 0 Å². The van der Waals surface area contributed by atoms with Crippen molar-refractivity contribution in [2.24, 2.45) is 0 Å². The fourth-order valence-electron chi connectivity index (χ4n) is 4.67. The zero-order chi connectivity index (χ0) is 17.2. The summed E-state index contributed by atoms with van der Waals surface area (Å²) in [7, 11) is 2.20. The van der Waals surface area contributed by atoms with Gasteiger partial charge in [-0.3, -0.25) is 4.79 Å². The van der Waals surface area contributed by atoms with Crippen LogP contribution in [0.4, 0.5) is 5.69 Å². The van der Waals surface area contributed by atoms with Crippen LogP contribution in [0, 0.1) is 0 Å². The van der Waals surface area contributed by atoms with E-state index in [1.165, 1.54) is 18.5 Å². The normalized spacial score (nSPS) is 27.9. The lowest BCUT2D eigenvalue weighted by atomic mass is 10.0. The van der Waals surface area contributed by atoms with Gasteiger partial charge in [-0.05, 0) is 63.5 Å². The van der Waals surface area contributed by atoms with Gasteiger partial charge in [0.25, 0.3) is 5.91 Å². The molecule has 1 amide bonds. The number of hydrogen-bond acceptors (Lipinski definition) is 4. The van der Waals surface area contributed by atoms with Crippen molar-refractivity contribution in [1.82, 2.24) is 9.80 Å². The number of carbonyl (C=O) groups excluding carboxylic acids is 1. The number of morpholine rings is 1. The minimum Gasteiger partial charge on any atom is -0.378 e. The molecular formula is C20H29N3O2. The molecule has 0 aliphatic carbocycles. The van der Waals surface area contributed by atoms with Gasteiger partial charge in [-0.1, -0.05) is 0 Å². The molecule has 0 aromatic heterocycles. The van der Waals surface area contributed by atoms with Gasteiger partial charge in [-0.15, -0.1) is 0 Å². The molecule has 3 heterocycles. The first-order valence-corrected chi connectivity index (χ1v) is 9.68. The maximum atomic E-state index is 13.1.